The van der Waals surface area contributed by atoms with Gasteiger partial charge in [-0.1, -0.05) is 18.2 Å². The molecule has 2 N–H and O–H groups in total. The lowest BCUT2D eigenvalue weighted by Crippen LogP contribution is -1.98. The van der Waals surface area contributed by atoms with Crippen LogP contribution >= 0.6 is 0 Å². The van der Waals surface area contributed by atoms with Gasteiger partial charge in [0.05, 0.1) is 8.48 Å². The van der Waals surface area contributed by atoms with E-state index in [9.17, 15) is 0 Å². The molecular weight excluding hydrogens is 126 g/mol. The molecule has 2 heteroatoms. The van der Waals surface area contributed by atoms with Gasteiger partial charge in [0.25, 0.3) is 0 Å². The van der Waals surface area contributed by atoms with Crippen molar-refractivity contribution in [3.8, 4) is 5.75 Å². The second-order valence-corrected chi connectivity index (χ2v) is 1.92. The van der Waals surface area contributed by atoms with Gasteiger partial charge in [0.2, 0.25) is 0 Å². The van der Waals surface area contributed by atoms with Crippen LogP contribution in [0.5, 0.6) is 5.75 Å². The molecular formula is C8H11NO. The van der Waals surface area contributed by atoms with Gasteiger partial charge in [0.15, 0.2) is 0 Å². The summed E-state index contributed by atoms with van der Waals surface area (Å²) in [6.45, 7) is 0.350. The van der Waals surface area contributed by atoms with Gasteiger partial charge < -0.3 is 10.5 Å². The summed E-state index contributed by atoms with van der Waals surface area (Å²) >= 11 is 0. The Hall–Kier alpha value is -1.02. The maximum atomic E-state index is 7.45. The largest absolute Gasteiger partial charge is 0.496 e. The van der Waals surface area contributed by atoms with Crippen molar-refractivity contribution < 1.29 is 6.11 Å². The lowest BCUT2D eigenvalue weighted by atomic mass is 10.2. The summed E-state index contributed by atoms with van der Waals surface area (Å²) in [5.41, 5.74) is 6.19. The fourth-order valence-corrected chi connectivity index (χ4v) is 0.807. The molecule has 0 aliphatic rings. The summed E-state index contributed by atoms with van der Waals surface area (Å²) in [5.74, 6) is 0.694. The molecule has 0 amide bonds. The molecule has 0 saturated heterocycles. The summed E-state index contributed by atoms with van der Waals surface area (Å²) in [7, 11) is 1.58. The molecule has 0 saturated carbocycles. The Morgan fingerprint density at radius 3 is 3.00 bits per heavy atom. The number of nitrogens with two attached hydrogens (primary N) is 1. The van der Waals surface area contributed by atoms with E-state index in [-0.39, 0.29) is 0 Å². The lowest BCUT2D eigenvalue weighted by Gasteiger charge is -2.03. The summed E-state index contributed by atoms with van der Waals surface area (Å²) in [4.78, 5) is 0. The molecule has 0 spiro atoms. The number of rotatable bonds is 2. The van der Waals surface area contributed by atoms with E-state index in [1.807, 2.05) is 0 Å². The molecule has 0 aromatic heterocycles. The van der Waals surface area contributed by atoms with Crippen molar-refractivity contribution in [3.05, 3.63) is 29.8 Å². The van der Waals surface area contributed by atoms with Gasteiger partial charge in [0, 0.05) is 12.1 Å². The van der Waals surface area contributed by atoms with E-state index in [4.69, 9.17) is 11.8 Å². The second-order valence-electron chi connectivity index (χ2n) is 1.92. The number of methoxy groups -OCH3 is 1. The minimum absolute atomic E-state index is 0.350. The molecule has 54 valence electrons. The highest BCUT2D eigenvalue weighted by Crippen LogP contribution is 2.15. The van der Waals surface area contributed by atoms with Gasteiger partial charge in [-0.3, -0.25) is 0 Å². The first-order valence-corrected chi connectivity index (χ1v) is 3.12. The minimum atomic E-state index is 0.350. The Kier molecular flexibility index (Phi) is 1.85. The van der Waals surface area contributed by atoms with E-state index < -0.39 is 0 Å². The summed E-state index contributed by atoms with van der Waals surface area (Å²) in [6, 6.07) is 5.72. The van der Waals surface area contributed by atoms with Crippen LogP contribution in [0.25, 0.3) is 0 Å². The van der Waals surface area contributed by atoms with Crippen LogP contribution in [-0.4, -0.2) is 7.11 Å². The van der Waals surface area contributed by atoms with Gasteiger partial charge in [0.1, 0.15) is 5.75 Å². The number of hydrogen-bond donors (Lipinski definition) is 1. The van der Waals surface area contributed by atoms with Gasteiger partial charge in [-0.05, 0) is 6.07 Å². The molecule has 0 bridgehead atoms. The fourth-order valence-electron chi connectivity index (χ4n) is 0.807. The average molecular weight is 138 g/mol. The zero-order chi connectivity index (χ0) is 8.27. The smallest absolute Gasteiger partial charge is 0.123 e. The molecule has 1 aromatic carbocycles. The third-order valence-electron chi connectivity index (χ3n) is 1.32. The van der Waals surface area contributed by atoms with E-state index >= 15 is 0 Å². The molecule has 0 atom stereocenters. The van der Waals surface area contributed by atoms with Gasteiger partial charge in [-0.15, -0.1) is 0 Å². The van der Waals surface area contributed by atoms with Gasteiger partial charge >= 0.3 is 0 Å². The lowest BCUT2D eigenvalue weighted by molar-refractivity contribution is 0.410. The fraction of sp³-hybridized carbons (Fsp3) is 0.250. The normalized spacial score (nSPS) is 10.8. The summed E-state index contributed by atoms with van der Waals surface area (Å²) in [5, 5.41) is 0. The van der Waals surface area contributed by atoms with Crippen LogP contribution < -0.4 is 10.5 Å². The highest BCUT2D eigenvalue weighted by molar-refractivity contribution is 5.32. The highest BCUT2D eigenvalue weighted by atomic mass is 16.5. The van der Waals surface area contributed by atoms with Crippen LogP contribution in [0.1, 0.15) is 6.93 Å². The molecule has 0 aliphatic heterocycles. The average Bonchev–Trinajstić information content (AvgIpc) is 2.04. The number of ether oxygens (including phenoxy) is 1. The van der Waals surface area contributed by atoms with Crippen LogP contribution in [0.2, 0.25) is 0 Å². The summed E-state index contributed by atoms with van der Waals surface area (Å²) in [6.07, 6.45) is 0. The Labute approximate surface area is 62.0 Å². The van der Waals surface area contributed by atoms with Crippen LogP contribution in [0.3, 0.4) is 0 Å². The maximum Gasteiger partial charge on any atom is 0.123 e. The van der Waals surface area contributed by atoms with Crippen molar-refractivity contribution >= 4 is 0 Å². The standard InChI is InChI=1S/C8H11NO/c1-10-8-5-3-2-4-7(8)6-9/h2-5H,6,9H2,1H3/i4D. The van der Waals surface area contributed by atoms with E-state index in [1.54, 1.807) is 25.3 Å². The molecule has 1 rings (SSSR count). The van der Waals surface area contributed by atoms with Crippen LogP contribution in [0.15, 0.2) is 24.2 Å². The van der Waals surface area contributed by atoms with Crippen molar-refractivity contribution in [1.82, 2.24) is 0 Å². The Morgan fingerprint density at radius 1 is 1.70 bits per heavy atom. The highest BCUT2D eigenvalue weighted by Gasteiger charge is 1.95. The first kappa shape index (κ1) is 5.74. The van der Waals surface area contributed by atoms with Crippen molar-refractivity contribution in [2.24, 2.45) is 5.73 Å². The monoisotopic (exact) mass is 138 g/mol. The van der Waals surface area contributed by atoms with Crippen LogP contribution in [0.4, 0.5) is 0 Å². The first-order chi connectivity index (χ1) is 5.29. The van der Waals surface area contributed by atoms with Crippen molar-refractivity contribution in [2.45, 2.75) is 6.54 Å². The zero-order valence-corrected chi connectivity index (χ0v) is 5.92. The second kappa shape index (κ2) is 3.22. The molecule has 0 unspecified atom stereocenters. The van der Waals surface area contributed by atoms with Gasteiger partial charge in [-0.2, -0.15) is 0 Å². The predicted molar refractivity (Wildman–Crippen MR) is 40.9 cm³/mol. The Bertz CT molecular complexity index is 250. The number of benzene rings is 1. The zero-order valence-electron chi connectivity index (χ0n) is 6.92. The quantitative estimate of drug-likeness (QED) is 0.665. The summed E-state index contributed by atoms with van der Waals surface area (Å²) < 4.78 is 12.5. The molecule has 0 heterocycles. The third-order valence-corrected chi connectivity index (χ3v) is 1.32. The van der Waals surface area contributed by atoms with E-state index in [1.165, 1.54) is 0 Å². The van der Waals surface area contributed by atoms with E-state index in [0.29, 0.717) is 18.3 Å². The topological polar surface area (TPSA) is 35.2 Å². The van der Waals surface area contributed by atoms with Crippen LogP contribution in [0, 0.1) is 0 Å². The van der Waals surface area contributed by atoms with Crippen molar-refractivity contribution in [2.75, 3.05) is 7.11 Å². The Balaban J connectivity index is 3.13. The minimum Gasteiger partial charge on any atom is -0.496 e. The predicted octanol–water partition coefficient (Wildman–Crippen LogP) is 1.15. The molecule has 0 aliphatic carbocycles. The van der Waals surface area contributed by atoms with Crippen LogP contribution in [-0.2, 0) is 6.54 Å². The molecule has 10 heavy (non-hydrogen) atoms. The molecule has 1 aromatic rings. The van der Waals surface area contributed by atoms with E-state index in [2.05, 4.69) is 0 Å². The third kappa shape index (κ3) is 1.28. The van der Waals surface area contributed by atoms with Gasteiger partial charge in [-0.25, -0.2) is 0 Å². The number of para-hydroxylation sites is 1. The molecule has 0 fully saturated rings. The SMILES string of the molecule is [2H]c1cccc(OC)c1CN. The molecule has 0 radical (unpaired) electrons. The maximum absolute atomic E-state index is 7.45. The first-order valence-electron chi connectivity index (χ1n) is 3.62. The van der Waals surface area contributed by atoms with Crippen molar-refractivity contribution in [1.29, 1.82) is 0 Å². The Morgan fingerprint density at radius 2 is 2.50 bits per heavy atom. The molecule has 2 nitrogen and oxygen atoms in total. The van der Waals surface area contributed by atoms with E-state index in [0.717, 1.165) is 5.56 Å². The van der Waals surface area contributed by atoms with Crippen molar-refractivity contribution in [3.63, 3.8) is 0 Å². The number of hydrogen-bond acceptors (Lipinski definition) is 2.